The first kappa shape index (κ1) is 11.8. The molecule has 0 aliphatic heterocycles. The van der Waals surface area contributed by atoms with Crippen molar-refractivity contribution < 1.29 is 14.1 Å². The fourth-order valence-electron chi connectivity index (χ4n) is 0.973. The molecule has 0 saturated carbocycles. The highest BCUT2D eigenvalue weighted by atomic mass is 127. The van der Waals surface area contributed by atoms with Crippen molar-refractivity contribution in [2.45, 2.75) is 6.92 Å². The molecule has 1 rings (SSSR count). The van der Waals surface area contributed by atoms with Gasteiger partial charge in [-0.25, -0.2) is 4.39 Å². The molecule has 0 fully saturated rings. The van der Waals surface area contributed by atoms with Crippen LogP contribution < -0.4 is 5.32 Å². The van der Waals surface area contributed by atoms with Gasteiger partial charge < -0.3 is 5.32 Å². The van der Waals surface area contributed by atoms with Crippen LogP contribution in [0.4, 0.5) is 15.8 Å². The van der Waals surface area contributed by atoms with Crippen molar-refractivity contribution in [2.24, 2.45) is 0 Å². The topological polar surface area (TPSA) is 72.2 Å². The number of anilines is 1. The molecule has 1 aromatic carbocycles. The lowest BCUT2D eigenvalue weighted by molar-refractivity contribution is -0.385. The highest BCUT2D eigenvalue weighted by Gasteiger charge is 2.19. The summed E-state index contributed by atoms with van der Waals surface area (Å²) in [7, 11) is 0. The summed E-state index contributed by atoms with van der Waals surface area (Å²) in [6, 6.07) is 2.01. The van der Waals surface area contributed by atoms with Crippen LogP contribution in [0.2, 0.25) is 0 Å². The van der Waals surface area contributed by atoms with Crippen molar-refractivity contribution in [3.05, 3.63) is 31.6 Å². The van der Waals surface area contributed by atoms with E-state index < -0.39 is 16.6 Å². The number of halogens is 2. The van der Waals surface area contributed by atoms with Crippen LogP contribution in [0.25, 0.3) is 0 Å². The third-order valence-electron chi connectivity index (χ3n) is 1.57. The number of benzene rings is 1. The second-order valence-electron chi connectivity index (χ2n) is 2.69. The van der Waals surface area contributed by atoms with Crippen molar-refractivity contribution in [3.8, 4) is 0 Å². The Morgan fingerprint density at radius 2 is 2.20 bits per heavy atom. The lowest BCUT2D eigenvalue weighted by Crippen LogP contribution is -2.10. The Kier molecular flexibility index (Phi) is 3.56. The van der Waals surface area contributed by atoms with Gasteiger partial charge in [-0.15, -0.1) is 0 Å². The smallest absolute Gasteiger partial charge is 0.284 e. The average molecular weight is 324 g/mol. The zero-order valence-corrected chi connectivity index (χ0v) is 9.74. The maximum absolute atomic E-state index is 13.2. The van der Waals surface area contributed by atoms with Gasteiger partial charge in [-0.05, 0) is 28.7 Å². The maximum atomic E-state index is 13.2. The Morgan fingerprint density at radius 1 is 1.60 bits per heavy atom. The van der Waals surface area contributed by atoms with Crippen LogP contribution in [0.3, 0.4) is 0 Å². The van der Waals surface area contributed by atoms with Crippen molar-refractivity contribution in [1.29, 1.82) is 0 Å². The Bertz CT molecular complexity index is 436. The van der Waals surface area contributed by atoms with E-state index in [1.165, 1.54) is 6.92 Å². The summed E-state index contributed by atoms with van der Waals surface area (Å²) in [5.41, 5.74) is -0.391. The fourth-order valence-corrected chi connectivity index (χ4v) is 1.74. The first-order valence-electron chi connectivity index (χ1n) is 3.83. The van der Waals surface area contributed by atoms with Gasteiger partial charge in [0.1, 0.15) is 9.39 Å². The minimum atomic E-state index is -0.694. The molecule has 1 N–H and O–H groups in total. The summed E-state index contributed by atoms with van der Waals surface area (Å²) in [6.45, 7) is 1.20. The van der Waals surface area contributed by atoms with Crippen molar-refractivity contribution >= 4 is 39.9 Å². The first-order chi connectivity index (χ1) is 6.93. The third kappa shape index (κ3) is 2.61. The van der Waals surface area contributed by atoms with Gasteiger partial charge in [-0.3, -0.25) is 14.9 Å². The largest absolute Gasteiger partial charge is 0.323 e. The standard InChI is InChI=1S/C8H6FIN2O3/c1-4(13)11-8-5(9)2-3-6(7(8)10)12(14)15/h2-3H,1H3,(H,11,13). The number of nitrogens with one attached hydrogen (secondary N) is 1. The molecule has 1 amide bonds. The minimum absolute atomic E-state index is 0.0767. The molecular formula is C8H6FIN2O3. The lowest BCUT2D eigenvalue weighted by atomic mass is 10.2. The zero-order chi connectivity index (χ0) is 11.6. The monoisotopic (exact) mass is 324 g/mol. The molecule has 0 radical (unpaired) electrons. The van der Waals surface area contributed by atoms with Crippen LogP contribution in [0.5, 0.6) is 0 Å². The first-order valence-corrected chi connectivity index (χ1v) is 4.91. The summed E-state index contributed by atoms with van der Waals surface area (Å²) in [4.78, 5) is 20.7. The molecule has 15 heavy (non-hydrogen) atoms. The summed E-state index contributed by atoms with van der Waals surface area (Å²) in [5.74, 6) is -1.17. The van der Waals surface area contributed by atoms with Gasteiger partial charge in [0.15, 0.2) is 0 Å². The number of rotatable bonds is 2. The number of carbonyl (C=O) groups is 1. The fraction of sp³-hybridized carbons (Fsp3) is 0.125. The highest BCUT2D eigenvalue weighted by molar-refractivity contribution is 14.1. The van der Waals surface area contributed by atoms with E-state index in [1.807, 2.05) is 0 Å². The number of nitrogens with zero attached hydrogens (tertiary/aromatic N) is 1. The van der Waals surface area contributed by atoms with E-state index in [-0.39, 0.29) is 14.9 Å². The van der Waals surface area contributed by atoms with Crippen LogP contribution in [0.15, 0.2) is 12.1 Å². The predicted molar refractivity (Wildman–Crippen MR) is 60.1 cm³/mol. The quantitative estimate of drug-likeness (QED) is 0.515. The molecule has 0 heterocycles. The molecule has 0 atom stereocenters. The molecule has 0 aliphatic rings. The molecular weight excluding hydrogens is 318 g/mol. The Hall–Kier alpha value is -1.25. The molecule has 0 spiro atoms. The molecule has 0 unspecified atom stereocenters. The molecule has 0 aromatic heterocycles. The van der Waals surface area contributed by atoms with E-state index >= 15 is 0 Å². The van der Waals surface area contributed by atoms with Crippen LogP contribution in [-0.2, 0) is 4.79 Å². The van der Waals surface area contributed by atoms with Crippen LogP contribution in [-0.4, -0.2) is 10.8 Å². The Morgan fingerprint density at radius 3 is 2.67 bits per heavy atom. The molecule has 80 valence electrons. The molecule has 0 saturated heterocycles. The molecule has 7 heteroatoms. The number of hydrogen-bond acceptors (Lipinski definition) is 3. The summed E-state index contributed by atoms with van der Waals surface area (Å²) in [6.07, 6.45) is 0. The zero-order valence-electron chi connectivity index (χ0n) is 7.58. The third-order valence-corrected chi connectivity index (χ3v) is 2.66. The van der Waals surface area contributed by atoms with E-state index in [0.29, 0.717) is 0 Å². The second kappa shape index (κ2) is 4.51. The number of hydrogen-bond donors (Lipinski definition) is 1. The summed E-state index contributed by atoms with van der Waals surface area (Å²) >= 11 is 1.62. The predicted octanol–water partition coefficient (Wildman–Crippen LogP) is 2.30. The van der Waals surface area contributed by atoms with E-state index in [9.17, 15) is 19.3 Å². The van der Waals surface area contributed by atoms with Gasteiger partial charge in [0.2, 0.25) is 5.91 Å². The van der Waals surface area contributed by atoms with E-state index in [1.54, 1.807) is 22.6 Å². The van der Waals surface area contributed by atoms with Crippen molar-refractivity contribution in [1.82, 2.24) is 0 Å². The molecule has 5 nitrogen and oxygen atoms in total. The molecule has 0 aliphatic carbocycles. The lowest BCUT2D eigenvalue weighted by Gasteiger charge is -2.06. The van der Waals surface area contributed by atoms with Gasteiger partial charge in [-0.2, -0.15) is 0 Å². The Balaban J connectivity index is 3.29. The maximum Gasteiger partial charge on any atom is 0.284 e. The van der Waals surface area contributed by atoms with E-state index in [2.05, 4.69) is 5.32 Å². The number of nitro groups is 1. The van der Waals surface area contributed by atoms with Gasteiger partial charge in [0.25, 0.3) is 5.69 Å². The van der Waals surface area contributed by atoms with Crippen LogP contribution in [0.1, 0.15) is 6.92 Å². The molecule has 0 bridgehead atoms. The summed E-state index contributed by atoms with van der Waals surface area (Å²) in [5, 5.41) is 12.7. The van der Waals surface area contributed by atoms with E-state index in [0.717, 1.165) is 12.1 Å². The van der Waals surface area contributed by atoms with Gasteiger partial charge >= 0.3 is 0 Å². The minimum Gasteiger partial charge on any atom is -0.323 e. The van der Waals surface area contributed by atoms with Gasteiger partial charge in [0, 0.05) is 13.0 Å². The van der Waals surface area contributed by atoms with Crippen molar-refractivity contribution in [3.63, 3.8) is 0 Å². The van der Waals surface area contributed by atoms with E-state index in [4.69, 9.17) is 0 Å². The second-order valence-corrected chi connectivity index (χ2v) is 3.77. The van der Waals surface area contributed by atoms with Gasteiger partial charge in [0.05, 0.1) is 10.6 Å². The van der Waals surface area contributed by atoms with Crippen LogP contribution in [0, 0.1) is 19.5 Å². The van der Waals surface area contributed by atoms with Crippen LogP contribution >= 0.6 is 22.6 Å². The van der Waals surface area contributed by atoms with Gasteiger partial charge in [-0.1, -0.05) is 0 Å². The summed E-state index contributed by atoms with van der Waals surface area (Å²) < 4.78 is 13.3. The normalized spacial score (nSPS) is 9.80. The molecule has 1 aromatic rings. The SMILES string of the molecule is CC(=O)Nc1c(F)ccc([N+](=O)[O-])c1I. The number of amides is 1. The average Bonchev–Trinajstić information content (AvgIpc) is 2.11. The Labute approximate surface area is 98.0 Å². The van der Waals surface area contributed by atoms with Crippen molar-refractivity contribution in [2.75, 3.05) is 5.32 Å². The highest BCUT2D eigenvalue weighted by Crippen LogP contribution is 2.30. The number of carbonyl (C=O) groups excluding carboxylic acids is 1. The number of nitro benzene ring substituents is 1.